The van der Waals surface area contributed by atoms with Crippen molar-refractivity contribution < 1.29 is 9.53 Å². The summed E-state index contributed by atoms with van der Waals surface area (Å²) < 4.78 is 5.60. The van der Waals surface area contributed by atoms with Crippen molar-refractivity contribution in [1.29, 1.82) is 0 Å². The molecule has 0 spiro atoms. The maximum absolute atomic E-state index is 12.0. The van der Waals surface area contributed by atoms with Crippen molar-refractivity contribution in [2.45, 2.75) is 19.0 Å². The number of halogens is 1. The Morgan fingerprint density at radius 2 is 1.73 bits per heavy atom. The van der Waals surface area contributed by atoms with Gasteiger partial charge in [-0.1, -0.05) is 60.7 Å². The first-order valence-electron chi connectivity index (χ1n) is 9.55. The number of carbonyl (C=O) groups is 1. The molecule has 0 saturated carbocycles. The van der Waals surface area contributed by atoms with Gasteiger partial charge >= 0.3 is 6.09 Å². The van der Waals surface area contributed by atoms with E-state index < -0.39 is 6.09 Å². The number of hydrogen-bond donors (Lipinski definition) is 2. The van der Waals surface area contributed by atoms with E-state index in [0.29, 0.717) is 16.2 Å². The number of rotatable bonds is 5. The number of amidine groups is 2. The lowest BCUT2D eigenvalue weighted by Gasteiger charge is -2.28. The van der Waals surface area contributed by atoms with Crippen LogP contribution in [0, 0.1) is 0 Å². The second kappa shape index (κ2) is 9.04. The maximum atomic E-state index is 12.0. The number of hydrogen-bond acceptors (Lipinski definition) is 6. The zero-order valence-corrected chi connectivity index (χ0v) is 17.8. The molecule has 0 fully saturated rings. The van der Waals surface area contributed by atoms with Crippen LogP contribution in [0.5, 0.6) is 0 Å². The molecule has 2 heterocycles. The van der Waals surface area contributed by atoms with E-state index in [0.717, 1.165) is 16.8 Å². The van der Waals surface area contributed by atoms with Crippen LogP contribution in [0.1, 0.15) is 24.1 Å². The van der Waals surface area contributed by atoms with Crippen LogP contribution in [0.4, 0.5) is 4.79 Å². The molecule has 0 bridgehead atoms. The smallest absolute Gasteiger partial charge is 0.412 e. The third-order valence-electron chi connectivity index (χ3n) is 4.66. The highest BCUT2D eigenvalue weighted by Crippen LogP contribution is 2.30. The summed E-state index contributed by atoms with van der Waals surface area (Å²) in [5.41, 5.74) is 2.96. The zero-order valence-electron chi connectivity index (χ0n) is 16.2. The molecular weight excluding hydrogens is 446 g/mol. The minimum Gasteiger partial charge on any atom is -0.450 e. The minimum atomic E-state index is -0.576. The van der Waals surface area contributed by atoms with Gasteiger partial charge in [-0.05, 0) is 34.0 Å². The number of benzene rings is 2. The van der Waals surface area contributed by atoms with Crippen molar-refractivity contribution in [3.8, 4) is 0 Å². The standard InChI is InChI=1S/C22H20BrN5O2/c1-2-30-22(29)28-20-16(23)18(19-21(27-20)25-13-24-19)26-17(14-9-5-3-6-10-14)15-11-7-4-8-12-15/h3-13,17,19,26H,2H2,1H3,(H,24,25,27,28,29). The van der Waals surface area contributed by atoms with Crippen molar-refractivity contribution in [2.24, 2.45) is 15.0 Å². The first kappa shape index (κ1) is 20.0. The van der Waals surface area contributed by atoms with Gasteiger partial charge in [-0.15, -0.1) is 0 Å². The highest BCUT2D eigenvalue weighted by molar-refractivity contribution is 9.12. The fourth-order valence-corrected chi connectivity index (χ4v) is 3.81. The number of aliphatic imine (C=N–C) groups is 3. The molecule has 152 valence electrons. The molecule has 0 aromatic heterocycles. The fourth-order valence-electron chi connectivity index (χ4n) is 3.30. The van der Waals surface area contributed by atoms with Gasteiger partial charge in [0, 0.05) is 0 Å². The summed E-state index contributed by atoms with van der Waals surface area (Å²) in [7, 11) is 0. The molecule has 2 aliphatic heterocycles. The van der Waals surface area contributed by atoms with E-state index in [9.17, 15) is 4.79 Å². The first-order valence-corrected chi connectivity index (χ1v) is 10.3. The van der Waals surface area contributed by atoms with E-state index in [1.54, 1.807) is 6.92 Å². The second-order valence-electron chi connectivity index (χ2n) is 6.59. The lowest BCUT2D eigenvalue weighted by atomic mass is 9.97. The molecule has 2 N–H and O–H groups in total. The average molecular weight is 466 g/mol. The van der Waals surface area contributed by atoms with Crippen LogP contribution in [0.2, 0.25) is 0 Å². The Morgan fingerprint density at radius 3 is 2.33 bits per heavy atom. The van der Waals surface area contributed by atoms with E-state index in [2.05, 4.69) is 65.8 Å². The Kier molecular flexibility index (Phi) is 6.04. The highest BCUT2D eigenvalue weighted by atomic mass is 79.9. The molecule has 8 heteroatoms. The summed E-state index contributed by atoms with van der Waals surface area (Å²) in [5, 5.41) is 6.28. The molecule has 2 aliphatic rings. The van der Waals surface area contributed by atoms with Gasteiger partial charge in [0.15, 0.2) is 17.7 Å². The molecule has 1 atom stereocenters. The van der Waals surface area contributed by atoms with Gasteiger partial charge < -0.3 is 10.1 Å². The number of nitrogens with one attached hydrogen (secondary N) is 2. The number of ether oxygens (including phenoxy) is 1. The molecular formula is C22H20BrN5O2. The summed E-state index contributed by atoms with van der Waals surface area (Å²) in [6, 6.07) is 19.8. The Labute approximate surface area is 182 Å². The Hall–Kier alpha value is -3.26. The molecule has 1 unspecified atom stereocenters. The van der Waals surface area contributed by atoms with Crippen molar-refractivity contribution >= 4 is 40.0 Å². The molecule has 1 amide bonds. The average Bonchev–Trinajstić information content (AvgIpc) is 3.23. The first-order chi connectivity index (χ1) is 14.7. The number of fused-ring (bicyclic) bond motifs is 1. The summed E-state index contributed by atoms with van der Waals surface area (Å²) >= 11 is 3.60. The molecule has 0 aliphatic carbocycles. The summed E-state index contributed by atoms with van der Waals surface area (Å²) in [5.74, 6) is 0.837. The zero-order chi connectivity index (χ0) is 20.9. The van der Waals surface area contributed by atoms with E-state index in [1.165, 1.54) is 6.34 Å². The molecule has 2 aromatic rings. The van der Waals surface area contributed by atoms with Crippen molar-refractivity contribution in [3.05, 3.63) is 82.0 Å². The number of alkyl carbamates (subject to hydrolysis) is 1. The van der Waals surface area contributed by atoms with Crippen LogP contribution in [-0.4, -0.2) is 36.8 Å². The maximum Gasteiger partial charge on any atom is 0.412 e. The summed E-state index contributed by atoms with van der Waals surface area (Å²) in [6.45, 7) is 2.01. The van der Waals surface area contributed by atoms with E-state index >= 15 is 0 Å². The van der Waals surface area contributed by atoms with Gasteiger partial charge in [-0.3, -0.25) is 10.3 Å². The largest absolute Gasteiger partial charge is 0.450 e. The number of amides is 1. The topological polar surface area (TPSA) is 87.4 Å². The van der Waals surface area contributed by atoms with Gasteiger partial charge in [0.05, 0.1) is 22.8 Å². The SMILES string of the molecule is CCOC(=O)NC1=NC2=NC=NC2C(NC(c2ccccc2)c2ccccc2)=C1Br. The molecule has 0 saturated heterocycles. The summed E-state index contributed by atoms with van der Waals surface area (Å²) in [6.07, 6.45) is 0.909. The third kappa shape index (κ3) is 4.18. The lowest BCUT2D eigenvalue weighted by Crippen LogP contribution is -2.41. The quantitative estimate of drug-likeness (QED) is 0.700. The Bertz CT molecular complexity index is 1010. The normalized spacial score (nSPS) is 17.4. The fraction of sp³-hybridized carbons (Fsp3) is 0.182. The lowest BCUT2D eigenvalue weighted by molar-refractivity contribution is 0.158. The predicted molar refractivity (Wildman–Crippen MR) is 121 cm³/mol. The van der Waals surface area contributed by atoms with Crippen LogP contribution in [0.25, 0.3) is 0 Å². The van der Waals surface area contributed by atoms with Crippen LogP contribution < -0.4 is 10.6 Å². The Morgan fingerprint density at radius 1 is 1.10 bits per heavy atom. The third-order valence-corrected chi connectivity index (χ3v) is 5.46. The second-order valence-corrected chi connectivity index (χ2v) is 7.38. The van der Waals surface area contributed by atoms with Crippen LogP contribution in [0.15, 0.2) is 85.8 Å². The van der Waals surface area contributed by atoms with Crippen molar-refractivity contribution in [1.82, 2.24) is 10.6 Å². The number of dihydropyridines is 1. The van der Waals surface area contributed by atoms with Gasteiger partial charge in [0.25, 0.3) is 0 Å². The molecule has 7 nitrogen and oxygen atoms in total. The van der Waals surface area contributed by atoms with E-state index in [1.807, 2.05) is 36.4 Å². The predicted octanol–water partition coefficient (Wildman–Crippen LogP) is 3.94. The van der Waals surface area contributed by atoms with Crippen molar-refractivity contribution in [2.75, 3.05) is 6.61 Å². The van der Waals surface area contributed by atoms with Crippen LogP contribution >= 0.6 is 15.9 Å². The number of carbonyl (C=O) groups excluding carboxylic acids is 1. The summed E-state index contributed by atoms with van der Waals surface area (Å²) in [4.78, 5) is 25.1. The van der Waals surface area contributed by atoms with Gasteiger partial charge in [0.1, 0.15) is 6.34 Å². The van der Waals surface area contributed by atoms with E-state index in [4.69, 9.17) is 4.74 Å². The monoisotopic (exact) mass is 465 g/mol. The molecule has 4 rings (SSSR count). The van der Waals surface area contributed by atoms with Crippen LogP contribution in [-0.2, 0) is 4.74 Å². The van der Waals surface area contributed by atoms with Crippen LogP contribution in [0.3, 0.4) is 0 Å². The minimum absolute atomic E-state index is 0.131. The molecule has 30 heavy (non-hydrogen) atoms. The van der Waals surface area contributed by atoms with Gasteiger partial charge in [0.2, 0.25) is 0 Å². The molecule has 2 aromatic carbocycles. The van der Waals surface area contributed by atoms with Gasteiger partial charge in [-0.25, -0.2) is 14.8 Å². The Balaban J connectivity index is 1.72. The van der Waals surface area contributed by atoms with Gasteiger partial charge in [-0.2, -0.15) is 0 Å². The highest BCUT2D eigenvalue weighted by Gasteiger charge is 2.34. The molecule has 0 radical (unpaired) electrons. The number of nitrogens with zero attached hydrogens (tertiary/aromatic N) is 3. The van der Waals surface area contributed by atoms with E-state index in [-0.39, 0.29) is 18.7 Å². The van der Waals surface area contributed by atoms with Crippen molar-refractivity contribution in [3.63, 3.8) is 0 Å².